The van der Waals surface area contributed by atoms with Gasteiger partial charge in [0.15, 0.2) is 0 Å². The number of aliphatic carboxylic acids is 1. The van der Waals surface area contributed by atoms with Crippen LogP contribution in [0.1, 0.15) is 36.9 Å². The highest BCUT2D eigenvalue weighted by Gasteiger charge is 2.27. The number of aliphatic hydroxyl groups excluding tert-OH is 1. The molecule has 1 aliphatic rings. The summed E-state index contributed by atoms with van der Waals surface area (Å²) in [6.45, 7) is 2.93. The Morgan fingerprint density at radius 1 is 1.33 bits per heavy atom. The Balaban J connectivity index is 2.20. The van der Waals surface area contributed by atoms with Gasteiger partial charge < -0.3 is 15.1 Å². The largest absolute Gasteiger partial charge is 0.481 e. The number of benzene rings is 1. The van der Waals surface area contributed by atoms with Gasteiger partial charge in [0.2, 0.25) is 0 Å². The van der Waals surface area contributed by atoms with Gasteiger partial charge in [-0.2, -0.15) is 0 Å². The summed E-state index contributed by atoms with van der Waals surface area (Å²) in [5.74, 6) is -0.841. The van der Waals surface area contributed by atoms with Gasteiger partial charge in [0, 0.05) is 35.8 Å². The molecule has 1 aliphatic heterocycles. The molecule has 0 amide bonds. The third-order valence-electron chi connectivity index (χ3n) is 4.87. The number of piperidine rings is 1. The Kier molecular flexibility index (Phi) is 5.00. The SMILES string of the molecule is Cc1nc2ccccc2c(N2CCCCC2CCO)c1CC(=O)O. The van der Waals surface area contributed by atoms with Crippen LogP contribution in [-0.2, 0) is 11.2 Å². The van der Waals surface area contributed by atoms with Gasteiger partial charge in [0.1, 0.15) is 0 Å². The van der Waals surface area contributed by atoms with Crippen LogP contribution in [0.2, 0.25) is 0 Å². The molecule has 1 unspecified atom stereocenters. The number of hydrogen-bond donors (Lipinski definition) is 2. The summed E-state index contributed by atoms with van der Waals surface area (Å²) in [5.41, 5.74) is 3.47. The molecular formula is C19H24N2O3. The fraction of sp³-hybridized carbons (Fsp3) is 0.474. The van der Waals surface area contributed by atoms with E-state index in [9.17, 15) is 15.0 Å². The van der Waals surface area contributed by atoms with Crippen LogP contribution in [0.3, 0.4) is 0 Å². The van der Waals surface area contributed by atoms with Crippen LogP contribution in [0.25, 0.3) is 10.9 Å². The maximum absolute atomic E-state index is 11.4. The molecule has 0 saturated carbocycles. The van der Waals surface area contributed by atoms with Crippen LogP contribution in [0.4, 0.5) is 5.69 Å². The average Bonchev–Trinajstić information content (AvgIpc) is 2.56. The minimum absolute atomic E-state index is 0.0264. The Bertz CT molecular complexity index is 743. The van der Waals surface area contributed by atoms with E-state index in [1.165, 1.54) is 0 Å². The molecule has 2 heterocycles. The van der Waals surface area contributed by atoms with Crippen molar-refractivity contribution in [1.29, 1.82) is 0 Å². The topological polar surface area (TPSA) is 73.7 Å². The number of aliphatic hydroxyl groups is 1. The first-order valence-corrected chi connectivity index (χ1v) is 8.59. The first kappa shape index (κ1) is 16.7. The first-order chi connectivity index (χ1) is 11.6. The van der Waals surface area contributed by atoms with Crippen molar-refractivity contribution in [3.63, 3.8) is 0 Å². The number of carbonyl (C=O) groups is 1. The van der Waals surface area contributed by atoms with Crippen molar-refractivity contribution in [2.75, 3.05) is 18.1 Å². The van der Waals surface area contributed by atoms with Gasteiger partial charge in [-0.15, -0.1) is 0 Å². The van der Waals surface area contributed by atoms with E-state index >= 15 is 0 Å². The molecule has 2 aromatic rings. The van der Waals surface area contributed by atoms with Crippen molar-refractivity contribution in [3.05, 3.63) is 35.5 Å². The molecule has 1 aromatic carbocycles. The number of aromatic nitrogens is 1. The monoisotopic (exact) mass is 328 g/mol. The highest BCUT2D eigenvalue weighted by Crippen LogP contribution is 2.36. The summed E-state index contributed by atoms with van der Waals surface area (Å²) < 4.78 is 0. The normalized spacial score (nSPS) is 18.1. The summed E-state index contributed by atoms with van der Waals surface area (Å²) in [4.78, 5) is 18.3. The molecule has 5 nitrogen and oxygen atoms in total. The van der Waals surface area contributed by atoms with Gasteiger partial charge in [-0.1, -0.05) is 18.2 Å². The van der Waals surface area contributed by atoms with Gasteiger partial charge >= 0.3 is 5.97 Å². The Hall–Kier alpha value is -2.14. The predicted octanol–water partition coefficient (Wildman–Crippen LogP) is 2.91. The van der Waals surface area contributed by atoms with Crippen molar-refractivity contribution in [3.8, 4) is 0 Å². The van der Waals surface area contributed by atoms with E-state index in [1.807, 2.05) is 31.2 Å². The van der Waals surface area contributed by atoms with Gasteiger partial charge in [-0.05, 0) is 38.7 Å². The fourth-order valence-corrected chi connectivity index (χ4v) is 3.79. The molecule has 0 spiro atoms. The molecular weight excluding hydrogens is 304 g/mol. The van der Waals surface area contributed by atoms with Crippen molar-refractivity contribution in [1.82, 2.24) is 4.98 Å². The Morgan fingerprint density at radius 2 is 2.12 bits per heavy atom. The maximum Gasteiger partial charge on any atom is 0.307 e. The first-order valence-electron chi connectivity index (χ1n) is 8.59. The fourth-order valence-electron chi connectivity index (χ4n) is 3.79. The molecule has 1 fully saturated rings. The molecule has 128 valence electrons. The highest BCUT2D eigenvalue weighted by molar-refractivity contribution is 5.95. The van der Waals surface area contributed by atoms with Crippen molar-refractivity contribution < 1.29 is 15.0 Å². The molecule has 2 N–H and O–H groups in total. The van der Waals surface area contributed by atoms with E-state index in [0.717, 1.165) is 53.7 Å². The average molecular weight is 328 g/mol. The zero-order valence-corrected chi connectivity index (χ0v) is 14.0. The van der Waals surface area contributed by atoms with Crippen LogP contribution in [0.5, 0.6) is 0 Å². The summed E-state index contributed by atoms with van der Waals surface area (Å²) in [6, 6.07) is 8.17. The molecule has 3 rings (SSSR count). The van der Waals surface area contributed by atoms with E-state index in [0.29, 0.717) is 6.42 Å². The lowest BCUT2D eigenvalue weighted by Gasteiger charge is -2.39. The summed E-state index contributed by atoms with van der Waals surface area (Å²) >= 11 is 0. The predicted molar refractivity (Wildman–Crippen MR) is 94.5 cm³/mol. The number of anilines is 1. The third-order valence-corrected chi connectivity index (χ3v) is 4.87. The van der Waals surface area contributed by atoms with Gasteiger partial charge in [-0.25, -0.2) is 0 Å². The Labute approximate surface area is 141 Å². The number of fused-ring (bicyclic) bond motifs is 1. The van der Waals surface area contributed by atoms with Crippen LogP contribution in [-0.4, -0.2) is 40.4 Å². The molecule has 0 bridgehead atoms. The number of carboxylic acids is 1. The second-order valence-electron chi connectivity index (χ2n) is 6.47. The van der Waals surface area contributed by atoms with Crippen LogP contribution < -0.4 is 4.90 Å². The van der Waals surface area contributed by atoms with Crippen LogP contribution >= 0.6 is 0 Å². The number of nitrogens with zero attached hydrogens (tertiary/aromatic N) is 2. The van der Waals surface area contributed by atoms with Crippen LogP contribution in [0, 0.1) is 6.92 Å². The molecule has 24 heavy (non-hydrogen) atoms. The second kappa shape index (κ2) is 7.18. The number of rotatable bonds is 5. The molecule has 0 radical (unpaired) electrons. The number of carboxylic acid groups (broad SMARTS) is 1. The zero-order valence-electron chi connectivity index (χ0n) is 14.0. The minimum Gasteiger partial charge on any atom is -0.481 e. The lowest BCUT2D eigenvalue weighted by molar-refractivity contribution is -0.136. The lowest BCUT2D eigenvalue weighted by atomic mass is 9.95. The Morgan fingerprint density at radius 3 is 2.88 bits per heavy atom. The van der Waals surface area contributed by atoms with Gasteiger partial charge in [-0.3, -0.25) is 9.78 Å². The van der Waals surface area contributed by atoms with Crippen molar-refractivity contribution >= 4 is 22.6 Å². The number of pyridine rings is 1. The molecule has 5 heteroatoms. The van der Waals surface area contributed by atoms with E-state index in [2.05, 4.69) is 9.88 Å². The number of aryl methyl sites for hydroxylation is 1. The third kappa shape index (κ3) is 3.22. The smallest absolute Gasteiger partial charge is 0.307 e. The number of para-hydroxylation sites is 1. The summed E-state index contributed by atoms with van der Waals surface area (Å²) in [6.07, 6.45) is 3.95. The highest BCUT2D eigenvalue weighted by atomic mass is 16.4. The lowest BCUT2D eigenvalue weighted by Crippen LogP contribution is -2.41. The molecule has 1 atom stereocenters. The second-order valence-corrected chi connectivity index (χ2v) is 6.47. The van der Waals surface area contributed by atoms with E-state index in [1.54, 1.807) is 0 Å². The van der Waals surface area contributed by atoms with E-state index in [4.69, 9.17) is 0 Å². The minimum atomic E-state index is -0.841. The van der Waals surface area contributed by atoms with Gasteiger partial charge in [0.05, 0.1) is 17.6 Å². The summed E-state index contributed by atoms with van der Waals surface area (Å²) in [7, 11) is 0. The van der Waals surface area contributed by atoms with Crippen LogP contribution in [0.15, 0.2) is 24.3 Å². The van der Waals surface area contributed by atoms with Crippen molar-refractivity contribution in [2.24, 2.45) is 0 Å². The zero-order chi connectivity index (χ0) is 17.1. The standard InChI is InChI=1S/C19H24N2O3/c1-13-16(12-18(23)24)19(15-7-2-3-8-17(15)20-13)21-10-5-4-6-14(21)9-11-22/h2-3,7-8,14,22H,4-6,9-12H2,1H3,(H,23,24). The number of hydrogen-bond acceptors (Lipinski definition) is 4. The van der Waals surface area contributed by atoms with Crippen molar-refractivity contribution in [2.45, 2.75) is 45.1 Å². The molecule has 0 aliphatic carbocycles. The molecule has 1 saturated heterocycles. The van der Waals surface area contributed by atoms with Gasteiger partial charge in [0.25, 0.3) is 0 Å². The summed E-state index contributed by atoms with van der Waals surface area (Å²) in [5, 5.41) is 19.8. The van der Waals surface area contributed by atoms with E-state index in [-0.39, 0.29) is 19.1 Å². The molecule has 1 aromatic heterocycles. The quantitative estimate of drug-likeness (QED) is 0.883. The van der Waals surface area contributed by atoms with E-state index < -0.39 is 5.97 Å². The maximum atomic E-state index is 11.4.